The maximum Gasteiger partial charge on any atom is 0.252 e. The molecule has 1 aliphatic heterocycles. The number of nitrogens with one attached hydrogen (secondary N) is 1. The molecule has 3 aromatic rings. The van der Waals surface area contributed by atoms with Crippen LogP contribution in [0.4, 0.5) is 4.39 Å². The fourth-order valence-corrected chi connectivity index (χ4v) is 6.29. The predicted molar refractivity (Wildman–Crippen MR) is 119 cm³/mol. The zero-order chi connectivity index (χ0) is 22.6. The number of sulfonamides is 1. The van der Waals surface area contributed by atoms with Crippen LogP contribution in [0, 0.1) is 5.82 Å². The Hall–Kier alpha value is -2.82. The minimum Gasteiger partial charge on any atom is -0.439 e. The highest BCUT2D eigenvalue weighted by molar-refractivity contribution is 7.91. The van der Waals surface area contributed by atoms with Crippen LogP contribution in [0.2, 0.25) is 0 Å². The van der Waals surface area contributed by atoms with Crippen molar-refractivity contribution in [1.82, 2.24) is 14.6 Å². The van der Waals surface area contributed by atoms with Crippen molar-refractivity contribution in [2.75, 3.05) is 13.1 Å². The normalized spacial score (nSPS) is 14.4. The molecule has 1 N–H and O–H groups in total. The van der Waals surface area contributed by atoms with Gasteiger partial charge in [-0.05, 0) is 54.8 Å². The average Bonchev–Trinajstić information content (AvgIpc) is 3.48. The number of carbonyl (C=O) groups excluding carboxylic acids is 1. The highest BCUT2D eigenvalue weighted by atomic mass is 32.2. The first-order valence-electron chi connectivity index (χ1n) is 10.1. The summed E-state index contributed by atoms with van der Waals surface area (Å²) in [5.41, 5.74) is 0.785. The van der Waals surface area contributed by atoms with Gasteiger partial charge in [-0.25, -0.2) is 17.8 Å². The van der Waals surface area contributed by atoms with Crippen LogP contribution < -0.4 is 10.1 Å². The van der Waals surface area contributed by atoms with Gasteiger partial charge in [0.2, 0.25) is 11.8 Å². The van der Waals surface area contributed by atoms with E-state index in [0.29, 0.717) is 29.6 Å². The lowest BCUT2D eigenvalue weighted by molar-refractivity contribution is -0.120. The SMILES string of the molecule is O=C(Cc1ccc(S(=O)(=O)N2CCCC2)s1)NCc1ccc(Oc2ccc(F)cc2)nc1. The Balaban J connectivity index is 1.28. The minimum atomic E-state index is -3.46. The summed E-state index contributed by atoms with van der Waals surface area (Å²) in [5, 5.41) is 2.81. The number of halogens is 1. The topological polar surface area (TPSA) is 88.6 Å². The third kappa shape index (κ3) is 5.50. The lowest BCUT2D eigenvalue weighted by Crippen LogP contribution is -2.27. The maximum atomic E-state index is 12.9. The molecule has 1 amide bonds. The molecular weight excluding hydrogens is 453 g/mol. The van der Waals surface area contributed by atoms with Gasteiger partial charge in [0.1, 0.15) is 15.8 Å². The first-order chi connectivity index (χ1) is 15.4. The maximum absolute atomic E-state index is 12.9. The van der Waals surface area contributed by atoms with Crippen molar-refractivity contribution in [3.63, 3.8) is 0 Å². The van der Waals surface area contributed by atoms with Crippen molar-refractivity contribution in [2.45, 2.75) is 30.0 Å². The van der Waals surface area contributed by atoms with Crippen molar-refractivity contribution < 1.29 is 22.3 Å². The third-order valence-electron chi connectivity index (χ3n) is 4.95. The predicted octanol–water partition coefficient (Wildman–Crippen LogP) is 3.72. The molecule has 32 heavy (non-hydrogen) atoms. The highest BCUT2D eigenvalue weighted by Gasteiger charge is 2.28. The molecule has 1 aromatic carbocycles. The number of hydrogen-bond acceptors (Lipinski definition) is 6. The van der Waals surface area contributed by atoms with Gasteiger partial charge in [-0.2, -0.15) is 4.31 Å². The van der Waals surface area contributed by atoms with Gasteiger partial charge in [-0.1, -0.05) is 6.07 Å². The van der Waals surface area contributed by atoms with Crippen LogP contribution in [-0.2, 0) is 27.8 Å². The molecule has 0 radical (unpaired) electrons. The Labute approximate surface area is 189 Å². The minimum absolute atomic E-state index is 0.110. The van der Waals surface area contributed by atoms with E-state index in [9.17, 15) is 17.6 Å². The van der Waals surface area contributed by atoms with Crippen molar-refractivity contribution in [3.8, 4) is 11.6 Å². The van der Waals surface area contributed by atoms with E-state index >= 15 is 0 Å². The van der Waals surface area contributed by atoms with Crippen LogP contribution in [0.5, 0.6) is 11.6 Å². The van der Waals surface area contributed by atoms with Crippen molar-refractivity contribution >= 4 is 27.3 Å². The number of carbonyl (C=O) groups is 1. The summed E-state index contributed by atoms with van der Waals surface area (Å²) in [5.74, 6) is 0.283. The molecule has 3 heterocycles. The molecule has 1 aliphatic rings. The molecule has 0 atom stereocenters. The lowest BCUT2D eigenvalue weighted by Gasteiger charge is -2.13. The average molecular weight is 476 g/mol. The number of amides is 1. The van der Waals surface area contributed by atoms with Gasteiger partial charge in [0.15, 0.2) is 0 Å². The molecular formula is C22H22FN3O4S2. The van der Waals surface area contributed by atoms with Gasteiger partial charge in [0.05, 0.1) is 6.42 Å². The van der Waals surface area contributed by atoms with Crippen molar-refractivity contribution in [2.24, 2.45) is 0 Å². The molecule has 2 aromatic heterocycles. The molecule has 0 bridgehead atoms. The second kappa shape index (κ2) is 9.76. The molecule has 10 heteroatoms. The Morgan fingerprint density at radius 3 is 2.53 bits per heavy atom. The number of nitrogens with zero attached hydrogens (tertiary/aromatic N) is 2. The molecule has 0 saturated carbocycles. The van der Waals surface area contributed by atoms with Gasteiger partial charge in [-0.3, -0.25) is 4.79 Å². The zero-order valence-corrected chi connectivity index (χ0v) is 18.8. The quantitative estimate of drug-likeness (QED) is 0.537. The molecule has 168 valence electrons. The Morgan fingerprint density at radius 1 is 1.09 bits per heavy atom. The van der Waals surface area contributed by atoms with Crippen LogP contribution in [0.25, 0.3) is 0 Å². The highest BCUT2D eigenvalue weighted by Crippen LogP contribution is 2.27. The Kier molecular flexibility index (Phi) is 6.83. The van der Waals surface area contributed by atoms with E-state index in [1.807, 2.05) is 0 Å². The molecule has 0 aliphatic carbocycles. The number of pyridine rings is 1. The standard InChI is InChI=1S/C22H22FN3O4S2/c23-17-4-6-18(7-5-17)30-21-9-3-16(15-25-21)14-24-20(27)13-19-8-10-22(31-19)32(28,29)26-11-1-2-12-26/h3-10,15H,1-2,11-14H2,(H,24,27). The van der Waals surface area contributed by atoms with E-state index in [1.165, 1.54) is 28.6 Å². The summed E-state index contributed by atoms with van der Waals surface area (Å²) in [7, 11) is -3.46. The van der Waals surface area contributed by atoms with Crippen molar-refractivity contribution in [3.05, 3.63) is 71.0 Å². The van der Waals surface area contributed by atoms with Gasteiger partial charge in [0, 0.05) is 36.8 Å². The van der Waals surface area contributed by atoms with E-state index in [1.54, 1.807) is 30.5 Å². The summed E-state index contributed by atoms with van der Waals surface area (Å²) < 4.78 is 45.5. The second-order valence-electron chi connectivity index (χ2n) is 7.35. The summed E-state index contributed by atoms with van der Waals surface area (Å²) in [6, 6.07) is 12.3. The summed E-state index contributed by atoms with van der Waals surface area (Å²) in [6.07, 6.45) is 3.46. The third-order valence-corrected chi connectivity index (χ3v) is 8.41. The number of rotatable bonds is 8. The lowest BCUT2D eigenvalue weighted by atomic mass is 10.2. The number of aromatic nitrogens is 1. The van der Waals surface area contributed by atoms with Crippen LogP contribution >= 0.6 is 11.3 Å². The fourth-order valence-electron chi connectivity index (χ4n) is 3.27. The monoisotopic (exact) mass is 475 g/mol. The van der Waals surface area contributed by atoms with Crippen LogP contribution in [0.3, 0.4) is 0 Å². The summed E-state index contributed by atoms with van der Waals surface area (Å²) in [4.78, 5) is 17.2. The number of ether oxygens (including phenoxy) is 1. The first kappa shape index (κ1) is 22.4. The largest absolute Gasteiger partial charge is 0.439 e. The first-order valence-corrected chi connectivity index (χ1v) is 12.4. The Morgan fingerprint density at radius 2 is 1.84 bits per heavy atom. The molecule has 0 spiro atoms. The smallest absolute Gasteiger partial charge is 0.252 e. The fraction of sp³-hybridized carbons (Fsp3) is 0.273. The molecule has 4 rings (SSSR count). The summed E-state index contributed by atoms with van der Waals surface area (Å²) in [6.45, 7) is 1.39. The van der Waals surface area contributed by atoms with Crippen LogP contribution in [-0.4, -0.2) is 36.7 Å². The number of benzene rings is 1. The van der Waals surface area contributed by atoms with E-state index in [0.717, 1.165) is 29.7 Å². The van der Waals surface area contributed by atoms with E-state index in [4.69, 9.17) is 4.74 Å². The number of thiophene rings is 1. The van der Waals surface area contributed by atoms with E-state index in [-0.39, 0.29) is 28.9 Å². The van der Waals surface area contributed by atoms with Gasteiger partial charge >= 0.3 is 0 Å². The van der Waals surface area contributed by atoms with E-state index < -0.39 is 10.0 Å². The van der Waals surface area contributed by atoms with Gasteiger partial charge in [0.25, 0.3) is 10.0 Å². The van der Waals surface area contributed by atoms with Crippen molar-refractivity contribution in [1.29, 1.82) is 0 Å². The molecule has 0 unspecified atom stereocenters. The molecule has 1 fully saturated rings. The molecule has 1 saturated heterocycles. The Bertz CT molecular complexity index is 1170. The van der Waals surface area contributed by atoms with E-state index in [2.05, 4.69) is 10.3 Å². The summed E-state index contributed by atoms with van der Waals surface area (Å²) >= 11 is 1.14. The molecule has 7 nitrogen and oxygen atoms in total. The van der Waals surface area contributed by atoms with Crippen LogP contribution in [0.15, 0.2) is 58.9 Å². The van der Waals surface area contributed by atoms with Gasteiger partial charge in [-0.15, -0.1) is 11.3 Å². The second-order valence-corrected chi connectivity index (χ2v) is 10.7. The van der Waals surface area contributed by atoms with Gasteiger partial charge < -0.3 is 10.1 Å². The van der Waals surface area contributed by atoms with Crippen LogP contribution in [0.1, 0.15) is 23.3 Å². The number of hydrogen-bond donors (Lipinski definition) is 1. The zero-order valence-electron chi connectivity index (χ0n) is 17.2.